The summed E-state index contributed by atoms with van der Waals surface area (Å²) in [7, 11) is 0. The summed E-state index contributed by atoms with van der Waals surface area (Å²) < 4.78 is 5.36. The van der Waals surface area contributed by atoms with Crippen molar-refractivity contribution in [1.82, 2.24) is 10.1 Å². The second kappa shape index (κ2) is 8.75. The molecule has 31 heavy (non-hydrogen) atoms. The van der Waals surface area contributed by atoms with Crippen molar-refractivity contribution < 1.29 is 9.32 Å². The second-order valence-corrected chi connectivity index (χ2v) is 11.4. The Balaban J connectivity index is 1.67. The van der Waals surface area contributed by atoms with E-state index in [0.29, 0.717) is 11.6 Å². The van der Waals surface area contributed by atoms with Gasteiger partial charge in [0.25, 0.3) is 0 Å². The van der Waals surface area contributed by atoms with Crippen molar-refractivity contribution in [3.8, 4) is 11.1 Å². The molecule has 0 aliphatic heterocycles. The number of anilines is 2. The van der Waals surface area contributed by atoms with Crippen molar-refractivity contribution in [2.45, 2.75) is 63.0 Å². The lowest BCUT2D eigenvalue weighted by Gasteiger charge is -2.19. The van der Waals surface area contributed by atoms with Gasteiger partial charge in [-0.2, -0.15) is 0 Å². The molecule has 3 rings (SSSR count). The van der Waals surface area contributed by atoms with Crippen LogP contribution in [0.25, 0.3) is 11.1 Å². The molecule has 2 aromatic heterocycles. The molecule has 1 amide bonds. The number of benzene rings is 1. The number of nitrogen functional groups attached to an aromatic ring is 1. The molecule has 0 bridgehead atoms. The molecule has 0 radical (unpaired) electrons. The fraction of sp³-hybridized carbons (Fsp3) is 0.375. The van der Waals surface area contributed by atoms with Crippen molar-refractivity contribution in [2.24, 2.45) is 0 Å². The highest BCUT2D eigenvalue weighted by molar-refractivity contribution is 8.00. The van der Waals surface area contributed by atoms with Crippen molar-refractivity contribution >= 4 is 29.3 Å². The number of aromatic nitrogens is 2. The Morgan fingerprint density at radius 2 is 1.74 bits per heavy atom. The van der Waals surface area contributed by atoms with Crippen LogP contribution in [0.1, 0.15) is 52.9 Å². The van der Waals surface area contributed by atoms with Crippen LogP contribution < -0.4 is 11.1 Å². The monoisotopic (exact) mass is 438 g/mol. The minimum Gasteiger partial charge on any atom is -0.383 e. The van der Waals surface area contributed by atoms with Crippen LogP contribution in [0.3, 0.4) is 0 Å². The lowest BCUT2D eigenvalue weighted by atomic mass is 9.93. The predicted molar refractivity (Wildman–Crippen MR) is 127 cm³/mol. The fourth-order valence-corrected chi connectivity index (χ4v) is 3.90. The first kappa shape index (κ1) is 22.9. The van der Waals surface area contributed by atoms with E-state index in [1.807, 2.05) is 45.0 Å². The summed E-state index contributed by atoms with van der Waals surface area (Å²) in [5.41, 5.74) is 8.83. The molecule has 0 unspecified atom stereocenters. The quantitative estimate of drug-likeness (QED) is 0.497. The molecule has 0 fully saturated rings. The molecule has 0 aliphatic carbocycles. The third-order valence-electron chi connectivity index (χ3n) is 4.47. The van der Waals surface area contributed by atoms with Crippen LogP contribution in [0.15, 0.2) is 52.0 Å². The highest BCUT2D eigenvalue weighted by Gasteiger charge is 2.20. The van der Waals surface area contributed by atoms with Gasteiger partial charge in [-0.25, -0.2) is 4.98 Å². The molecule has 6 nitrogen and oxygen atoms in total. The van der Waals surface area contributed by atoms with Gasteiger partial charge in [-0.3, -0.25) is 4.79 Å². The molecule has 1 aromatic carbocycles. The average molecular weight is 439 g/mol. The summed E-state index contributed by atoms with van der Waals surface area (Å²) in [6.45, 7) is 12.5. The van der Waals surface area contributed by atoms with Gasteiger partial charge in [-0.15, -0.1) is 11.8 Å². The number of nitrogens with one attached hydrogen (secondary N) is 1. The van der Waals surface area contributed by atoms with Gasteiger partial charge in [0.15, 0.2) is 5.82 Å². The van der Waals surface area contributed by atoms with E-state index in [-0.39, 0.29) is 22.5 Å². The van der Waals surface area contributed by atoms with Gasteiger partial charge >= 0.3 is 0 Å². The molecule has 2 heterocycles. The molecule has 164 valence electrons. The van der Waals surface area contributed by atoms with E-state index in [2.05, 4.69) is 42.3 Å². The Morgan fingerprint density at radius 1 is 1.06 bits per heavy atom. The van der Waals surface area contributed by atoms with Crippen molar-refractivity contribution in [3.63, 3.8) is 0 Å². The molecule has 0 saturated carbocycles. The number of nitrogens with zero attached hydrogens (tertiary/aromatic N) is 2. The van der Waals surface area contributed by atoms with Crippen molar-refractivity contribution in [1.29, 1.82) is 0 Å². The van der Waals surface area contributed by atoms with Crippen LogP contribution in [0.2, 0.25) is 0 Å². The first-order chi connectivity index (χ1) is 14.4. The van der Waals surface area contributed by atoms with E-state index in [1.54, 1.807) is 24.0 Å². The summed E-state index contributed by atoms with van der Waals surface area (Å²) in [4.78, 5) is 17.7. The summed E-state index contributed by atoms with van der Waals surface area (Å²) in [5, 5.41) is 6.73. The van der Waals surface area contributed by atoms with Crippen LogP contribution in [-0.2, 0) is 16.6 Å². The molecule has 0 atom stereocenters. The zero-order valence-electron chi connectivity index (χ0n) is 18.9. The maximum absolute atomic E-state index is 12.4. The molecule has 3 N–H and O–H groups in total. The molecule has 7 heteroatoms. The van der Waals surface area contributed by atoms with E-state index in [0.717, 1.165) is 27.3 Å². The Hall–Kier alpha value is -2.80. The van der Waals surface area contributed by atoms with E-state index in [9.17, 15) is 4.79 Å². The standard InChI is InChI=1S/C24H30N4O2S/c1-23(2,3)19-13-20(28-30-19)27-21(29)11-15-7-9-16(10-8-15)17-12-18(22(25)26-14-17)31-24(4,5)6/h7-10,12-14H,11H2,1-6H3,(H2,25,26)(H,27,28,29). The predicted octanol–water partition coefficient (Wildman–Crippen LogP) is 5.69. The number of amides is 1. The third-order valence-corrected chi connectivity index (χ3v) is 5.63. The Kier molecular flexibility index (Phi) is 6.46. The summed E-state index contributed by atoms with van der Waals surface area (Å²) in [6, 6.07) is 11.7. The zero-order valence-corrected chi connectivity index (χ0v) is 19.8. The van der Waals surface area contributed by atoms with Crippen LogP contribution in [0.5, 0.6) is 0 Å². The second-order valence-electron chi connectivity index (χ2n) is 9.57. The number of thioether (sulfide) groups is 1. The Labute approximate surface area is 188 Å². The smallest absolute Gasteiger partial charge is 0.230 e. The molecular formula is C24H30N4O2S. The molecule has 0 aliphatic rings. The largest absolute Gasteiger partial charge is 0.383 e. The van der Waals surface area contributed by atoms with Crippen LogP contribution in [0, 0.1) is 0 Å². The number of carbonyl (C=O) groups excluding carboxylic acids is 1. The normalized spacial score (nSPS) is 12.1. The van der Waals surface area contributed by atoms with Gasteiger partial charge < -0.3 is 15.6 Å². The third kappa shape index (κ3) is 6.34. The van der Waals surface area contributed by atoms with E-state index in [4.69, 9.17) is 10.3 Å². The lowest BCUT2D eigenvalue weighted by molar-refractivity contribution is -0.115. The van der Waals surface area contributed by atoms with Gasteiger partial charge in [0.1, 0.15) is 11.6 Å². The maximum Gasteiger partial charge on any atom is 0.230 e. The number of hydrogen-bond donors (Lipinski definition) is 2. The van der Waals surface area contributed by atoms with Crippen LogP contribution in [-0.4, -0.2) is 20.8 Å². The van der Waals surface area contributed by atoms with Gasteiger partial charge in [-0.1, -0.05) is 71.0 Å². The lowest BCUT2D eigenvalue weighted by Crippen LogP contribution is -2.14. The first-order valence-electron chi connectivity index (χ1n) is 10.2. The SMILES string of the molecule is CC(C)(C)Sc1cc(-c2ccc(CC(=O)Nc3cc(C(C)(C)C)on3)cc2)cnc1N. The zero-order chi connectivity index (χ0) is 22.8. The van der Waals surface area contributed by atoms with E-state index >= 15 is 0 Å². The van der Waals surface area contributed by atoms with Gasteiger partial charge in [0, 0.05) is 28.0 Å². The molecular weight excluding hydrogens is 408 g/mol. The van der Waals surface area contributed by atoms with Crippen LogP contribution >= 0.6 is 11.8 Å². The van der Waals surface area contributed by atoms with Crippen molar-refractivity contribution in [2.75, 3.05) is 11.1 Å². The highest BCUT2D eigenvalue weighted by Crippen LogP contribution is 2.36. The van der Waals surface area contributed by atoms with Gasteiger partial charge in [0.05, 0.1) is 11.3 Å². The van der Waals surface area contributed by atoms with Gasteiger partial charge in [-0.05, 0) is 17.2 Å². The summed E-state index contributed by atoms with van der Waals surface area (Å²) in [5.74, 6) is 1.57. The van der Waals surface area contributed by atoms with Crippen LogP contribution in [0.4, 0.5) is 11.6 Å². The van der Waals surface area contributed by atoms with E-state index < -0.39 is 0 Å². The maximum atomic E-state index is 12.4. The minimum atomic E-state index is -0.159. The average Bonchev–Trinajstić information content (AvgIpc) is 3.12. The highest BCUT2D eigenvalue weighted by atomic mass is 32.2. The summed E-state index contributed by atoms with van der Waals surface area (Å²) >= 11 is 1.70. The van der Waals surface area contributed by atoms with E-state index in [1.165, 1.54) is 0 Å². The first-order valence-corrected chi connectivity index (χ1v) is 11.0. The molecule has 0 spiro atoms. The van der Waals surface area contributed by atoms with Crippen molar-refractivity contribution in [3.05, 3.63) is 53.9 Å². The topological polar surface area (TPSA) is 94.0 Å². The Morgan fingerprint density at radius 3 is 2.32 bits per heavy atom. The Bertz CT molecular complexity index is 1060. The molecule has 3 aromatic rings. The summed E-state index contributed by atoms with van der Waals surface area (Å²) in [6.07, 6.45) is 2.03. The molecule has 0 saturated heterocycles. The fourth-order valence-electron chi connectivity index (χ4n) is 2.90. The number of carbonyl (C=O) groups is 1. The number of rotatable bonds is 5. The number of pyridine rings is 1. The number of hydrogen-bond acceptors (Lipinski definition) is 6. The minimum absolute atomic E-state index is 0.0448. The number of nitrogens with two attached hydrogens (primary N) is 1. The van der Waals surface area contributed by atoms with Gasteiger partial charge in [0.2, 0.25) is 5.91 Å².